The first-order valence-electron chi connectivity index (χ1n) is 7.14. The van der Waals surface area contributed by atoms with Crippen molar-refractivity contribution in [3.8, 4) is 0 Å². The van der Waals surface area contributed by atoms with Crippen molar-refractivity contribution in [2.45, 2.75) is 51.8 Å². The van der Waals surface area contributed by atoms with Crippen LogP contribution in [0.15, 0.2) is 0 Å². The molecule has 1 amide bonds. The summed E-state index contributed by atoms with van der Waals surface area (Å²) in [5.41, 5.74) is 5.43. The quantitative estimate of drug-likeness (QED) is 0.801. The molecule has 0 spiro atoms. The molecule has 2 fully saturated rings. The molecule has 4 unspecified atom stereocenters. The molecule has 0 aromatic heterocycles. The lowest BCUT2D eigenvalue weighted by molar-refractivity contribution is -0.175. The first kappa shape index (κ1) is 15.1. The molecular formula is C14H26N2O2S. The van der Waals surface area contributed by atoms with Crippen LogP contribution in [0.1, 0.15) is 34.1 Å². The minimum atomic E-state index is -0.778. The van der Waals surface area contributed by atoms with Gasteiger partial charge in [-0.3, -0.25) is 4.79 Å². The number of rotatable bonds is 5. The molecule has 2 aliphatic rings. The van der Waals surface area contributed by atoms with Crippen LogP contribution in [0, 0.1) is 11.3 Å². The number of carbonyl (C=O) groups excluding carboxylic acids is 1. The summed E-state index contributed by atoms with van der Waals surface area (Å²) in [4.78, 5) is 12.6. The molecule has 0 radical (unpaired) electrons. The van der Waals surface area contributed by atoms with Gasteiger partial charge in [-0.1, -0.05) is 20.8 Å². The highest BCUT2D eigenvalue weighted by molar-refractivity contribution is 7.99. The molecule has 1 aliphatic heterocycles. The van der Waals surface area contributed by atoms with E-state index in [1.807, 2.05) is 32.5 Å². The molecule has 4 atom stereocenters. The predicted molar refractivity (Wildman–Crippen MR) is 79.2 cm³/mol. The van der Waals surface area contributed by atoms with Crippen molar-refractivity contribution < 1.29 is 9.53 Å². The summed E-state index contributed by atoms with van der Waals surface area (Å²) < 4.78 is 5.72. The van der Waals surface area contributed by atoms with Gasteiger partial charge in [0.25, 0.3) is 0 Å². The summed E-state index contributed by atoms with van der Waals surface area (Å²) >= 11 is 1.83. The Kier molecular flexibility index (Phi) is 4.19. The number of fused-ring (bicyclic) bond motifs is 1. The lowest BCUT2D eigenvalue weighted by atomic mass is 9.48. The SMILES string of the molecule is CCSCC(C)NC(=O)C1(N)C2CCOC2C1(C)C. The second-order valence-corrected chi connectivity index (χ2v) is 7.63. The van der Waals surface area contributed by atoms with E-state index in [2.05, 4.69) is 12.2 Å². The Hall–Kier alpha value is -0.260. The summed E-state index contributed by atoms with van der Waals surface area (Å²) in [7, 11) is 0. The van der Waals surface area contributed by atoms with Crippen molar-refractivity contribution in [2.24, 2.45) is 17.1 Å². The van der Waals surface area contributed by atoms with Gasteiger partial charge in [0.05, 0.1) is 6.10 Å². The van der Waals surface area contributed by atoms with Crippen LogP contribution in [-0.2, 0) is 9.53 Å². The molecule has 19 heavy (non-hydrogen) atoms. The maximum Gasteiger partial charge on any atom is 0.241 e. The Morgan fingerprint density at radius 2 is 2.26 bits per heavy atom. The highest BCUT2D eigenvalue weighted by Crippen LogP contribution is 2.58. The van der Waals surface area contributed by atoms with E-state index in [4.69, 9.17) is 10.5 Å². The molecule has 1 saturated heterocycles. The van der Waals surface area contributed by atoms with Gasteiger partial charge >= 0.3 is 0 Å². The third kappa shape index (κ3) is 2.20. The number of hydrogen-bond donors (Lipinski definition) is 2. The molecule has 0 bridgehead atoms. The van der Waals surface area contributed by atoms with Crippen molar-refractivity contribution in [1.82, 2.24) is 5.32 Å². The molecule has 3 N–H and O–H groups in total. The Bertz CT molecular complexity index is 361. The fourth-order valence-corrected chi connectivity index (χ4v) is 4.20. The molecule has 4 nitrogen and oxygen atoms in total. The molecular weight excluding hydrogens is 260 g/mol. The van der Waals surface area contributed by atoms with E-state index in [0.29, 0.717) is 0 Å². The average molecular weight is 286 g/mol. The fraction of sp³-hybridized carbons (Fsp3) is 0.929. The van der Waals surface area contributed by atoms with Crippen molar-refractivity contribution in [1.29, 1.82) is 0 Å². The highest BCUT2D eigenvalue weighted by Gasteiger charge is 2.71. The van der Waals surface area contributed by atoms with Gasteiger partial charge in [0.2, 0.25) is 5.91 Å². The monoisotopic (exact) mass is 286 g/mol. The topological polar surface area (TPSA) is 64.4 Å². The van der Waals surface area contributed by atoms with Crippen LogP contribution in [0.2, 0.25) is 0 Å². The van der Waals surface area contributed by atoms with Crippen LogP contribution in [0.4, 0.5) is 0 Å². The number of hydrogen-bond acceptors (Lipinski definition) is 4. The molecule has 0 aromatic carbocycles. The molecule has 1 aliphatic carbocycles. The van der Waals surface area contributed by atoms with Crippen molar-refractivity contribution in [2.75, 3.05) is 18.1 Å². The van der Waals surface area contributed by atoms with Crippen LogP contribution in [0.25, 0.3) is 0 Å². The second kappa shape index (κ2) is 5.26. The molecule has 1 heterocycles. The van der Waals surface area contributed by atoms with Crippen molar-refractivity contribution in [3.05, 3.63) is 0 Å². The van der Waals surface area contributed by atoms with Gasteiger partial charge in [-0.25, -0.2) is 0 Å². The number of nitrogens with two attached hydrogens (primary N) is 1. The normalized spacial score (nSPS) is 37.3. The summed E-state index contributed by atoms with van der Waals surface area (Å²) in [6, 6.07) is 0.162. The van der Waals surface area contributed by atoms with Crippen molar-refractivity contribution in [3.63, 3.8) is 0 Å². The number of nitrogens with one attached hydrogen (secondary N) is 1. The zero-order valence-electron chi connectivity index (χ0n) is 12.4. The van der Waals surface area contributed by atoms with Crippen LogP contribution < -0.4 is 11.1 Å². The van der Waals surface area contributed by atoms with Crippen molar-refractivity contribution >= 4 is 17.7 Å². The second-order valence-electron chi connectivity index (χ2n) is 6.31. The molecule has 1 saturated carbocycles. The maximum absolute atomic E-state index is 12.6. The highest BCUT2D eigenvalue weighted by atomic mass is 32.2. The van der Waals surface area contributed by atoms with Gasteiger partial charge in [0.15, 0.2) is 0 Å². The van der Waals surface area contributed by atoms with E-state index in [9.17, 15) is 4.79 Å². The van der Waals surface area contributed by atoms with Gasteiger partial charge in [0, 0.05) is 29.7 Å². The summed E-state index contributed by atoms with van der Waals surface area (Å²) in [5, 5.41) is 3.09. The summed E-state index contributed by atoms with van der Waals surface area (Å²) in [6.45, 7) is 8.98. The Morgan fingerprint density at radius 3 is 2.89 bits per heavy atom. The van der Waals surface area contributed by atoms with E-state index in [0.717, 1.165) is 24.5 Å². The minimum Gasteiger partial charge on any atom is -0.377 e. The van der Waals surface area contributed by atoms with Crippen LogP contribution in [-0.4, -0.2) is 41.7 Å². The predicted octanol–water partition coefficient (Wildman–Crippen LogP) is 1.39. The van der Waals surface area contributed by atoms with E-state index < -0.39 is 5.54 Å². The first-order chi connectivity index (χ1) is 8.85. The maximum atomic E-state index is 12.6. The van der Waals surface area contributed by atoms with Gasteiger partial charge in [-0.2, -0.15) is 11.8 Å². The van der Waals surface area contributed by atoms with Crippen LogP contribution in [0.3, 0.4) is 0 Å². The van der Waals surface area contributed by atoms with Gasteiger partial charge < -0.3 is 15.8 Å². The standard InChI is InChI=1S/C14H26N2O2S/c1-5-19-8-9(2)16-12(17)14(15)10-6-7-18-11(10)13(14,3)4/h9-11H,5-8,15H2,1-4H3,(H,16,17). The number of amides is 1. The molecule has 0 aromatic rings. The first-order valence-corrected chi connectivity index (χ1v) is 8.30. The lowest BCUT2D eigenvalue weighted by Gasteiger charge is -2.60. The van der Waals surface area contributed by atoms with Gasteiger partial charge in [-0.15, -0.1) is 0 Å². The lowest BCUT2D eigenvalue weighted by Crippen LogP contribution is -2.80. The van der Waals surface area contributed by atoms with Crippen LogP contribution in [0.5, 0.6) is 0 Å². The number of ether oxygens (including phenoxy) is 1. The van der Waals surface area contributed by atoms with Gasteiger partial charge in [0.1, 0.15) is 5.54 Å². The minimum absolute atomic E-state index is 0.00606. The average Bonchev–Trinajstić information content (AvgIpc) is 2.83. The number of thioether (sulfide) groups is 1. The summed E-state index contributed by atoms with van der Waals surface area (Å²) in [6.07, 6.45) is 1.04. The largest absolute Gasteiger partial charge is 0.377 e. The summed E-state index contributed by atoms with van der Waals surface area (Å²) in [5.74, 6) is 2.17. The number of carbonyl (C=O) groups is 1. The van der Waals surface area contributed by atoms with E-state index in [1.54, 1.807) is 0 Å². The van der Waals surface area contributed by atoms with E-state index in [1.165, 1.54) is 0 Å². The molecule has 2 rings (SSSR count). The molecule has 5 heteroatoms. The third-order valence-electron chi connectivity index (χ3n) is 4.78. The van der Waals surface area contributed by atoms with Gasteiger partial charge in [-0.05, 0) is 19.1 Å². The Labute approximate surface area is 120 Å². The Balaban J connectivity index is 2.01. The third-order valence-corrected chi connectivity index (χ3v) is 5.92. The Morgan fingerprint density at radius 1 is 1.58 bits per heavy atom. The fourth-order valence-electron chi connectivity index (χ4n) is 3.52. The zero-order valence-corrected chi connectivity index (χ0v) is 13.2. The van der Waals surface area contributed by atoms with E-state index in [-0.39, 0.29) is 29.4 Å². The smallest absolute Gasteiger partial charge is 0.241 e. The van der Waals surface area contributed by atoms with E-state index >= 15 is 0 Å². The van der Waals surface area contributed by atoms with Crippen LogP contribution >= 0.6 is 11.8 Å². The zero-order chi connectivity index (χ0) is 14.3. The molecule has 110 valence electrons.